The normalized spacial score (nSPS) is 11.3. The molecular weight excluding hydrogens is 520 g/mol. The highest BCUT2D eigenvalue weighted by atomic mass is 79.9. The van der Waals surface area contributed by atoms with Crippen molar-refractivity contribution >= 4 is 49.3 Å². The van der Waals surface area contributed by atoms with Crippen molar-refractivity contribution in [1.29, 1.82) is 0 Å². The molecule has 0 bridgehead atoms. The number of nitrogens with zero attached hydrogens (tertiary/aromatic N) is 1. The van der Waals surface area contributed by atoms with Gasteiger partial charge in [-0.3, -0.25) is 4.79 Å². The fraction of sp³-hybridized carbons (Fsp3) is 0. The van der Waals surface area contributed by atoms with E-state index in [9.17, 15) is 4.79 Å². The van der Waals surface area contributed by atoms with Crippen molar-refractivity contribution in [3.05, 3.63) is 123 Å². The summed E-state index contributed by atoms with van der Waals surface area (Å²) in [6, 6.07) is 33.6. The maximum Gasteiger partial charge on any atom is 0.258 e. The van der Waals surface area contributed by atoms with Crippen molar-refractivity contribution in [3.63, 3.8) is 0 Å². The van der Waals surface area contributed by atoms with Crippen molar-refractivity contribution in [1.82, 2.24) is 9.97 Å². The third kappa shape index (κ3) is 3.95. The van der Waals surface area contributed by atoms with E-state index in [1.165, 1.54) is 0 Å². The van der Waals surface area contributed by atoms with Crippen LogP contribution in [0.25, 0.3) is 55.3 Å². The monoisotopic (exact) mass is 536 g/mol. The van der Waals surface area contributed by atoms with E-state index in [1.54, 1.807) is 0 Å². The van der Waals surface area contributed by atoms with E-state index in [4.69, 9.17) is 16.6 Å². The molecule has 0 aliphatic rings. The molecule has 0 aliphatic carbocycles. The molecule has 6 aromatic rings. The molecule has 0 saturated heterocycles. The van der Waals surface area contributed by atoms with Gasteiger partial charge in [0.25, 0.3) is 5.56 Å². The second-order valence-corrected chi connectivity index (χ2v) is 9.69. The molecule has 168 valence electrons. The Hall–Kier alpha value is -3.73. The van der Waals surface area contributed by atoms with E-state index in [0.29, 0.717) is 16.3 Å². The molecule has 2 heterocycles. The zero-order valence-corrected chi connectivity index (χ0v) is 20.8. The van der Waals surface area contributed by atoms with Crippen LogP contribution >= 0.6 is 27.5 Å². The second kappa shape index (κ2) is 8.81. The van der Waals surface area contributed by atoms with Gasteiger partial charge in [-0.05, 0) is 59.2 Å². The fourth-order valence-corrected chi connectivity index (χ4v) is 5.07. The Balaban J connectivity index is 1.74. The van der Waals surface area contributed by atoms with Gasteiger partial charge in [-0.1, -0.05) is 88.2 Å². The SMILES string of the molecule is O=c1[nH]c2ccc(Br)cc2c(-c2ccccc2)c1-c1cc(-c2ccc(Cl)cc2)c2ccccc2n1. The van der Waals surface area contributed by atoms with Gasteiger partial charge in [-0.2, -0.15) is 0 Å². The number of benzene rings is 4. The quantitative estimate of drug-likeness (QED) is 0.246. The molecule has 1 N–H and O–H groups in total. The summed E-state index contributed by atoms with van der Waals surface area (Å²) >= 11 is 9.76. The summed E-state index contributed by atoms with van der Waals surface area (Å²) in [5, 5.41) is 2.64. The van der Waals surface area contributed by atoms with E-state index in [1.807, 2.05) is 97.1 Å². The molecule has 35 heavy (non-hydrogen) atoms. The topological polar surface area (TPSA) is 45.8 Å². The van der Waals surface area contributed by atoms with Gasteiger partial charge in [0, 0.05) is 31.3 Å². The molecule has 5 heteroatoms. The third-order valence-electron chi connectivity index (χ3n) is 6.17. The van der Waals surface area contributed by atoms with Gasteiger partial charge >= 0.3 is 0 Å². The lowest BCUT2D eigenvalue weighted by atomic mass is 9.92. The van der Waals surface area contributed by atoms with E-state index in [0.717, 1.165) is 48.5 Å². The van der Waals surface area contributed by atoms with Crippen LogP contribution in [0.3, 0.4) is 0 Å². The maximum atomic E-state index is 13.6. The Morgan fingerprint density at radius 1 is 0.714 bits per heavy atom. The van der Waals surface area contributed by atoms with Crippen molar-refractivity contribution in [2.45, 2.75) is 0 Å². The first-order chi connectivity index (χ1) is 17.1. The van der Waals surface area contributed by atoms with Crippen LogP contribution in [0.4, 0.5) is 0 Å². The third-order valence-corrected chi connectivity index (χ3v) is 6.91. The van der Waals surface area contributed by atoms with Gasteiger partial charge in [-0.15, -0.1) is 0 Å². The van der Waals surface area contributed by atoms with Crippen molar-refractivity contribution in [3.8, 4) is 33.5 Å². The Labute approximate surface area is 215 Å². The summed E-state index contributed by atoms with van der Waals surface area (Å²) in [5.41, 5.74) is 6.41. The summed E-state index contributed by atoms with van der Waals surface area (Å²) < 4.78 is 0.938. The van der Waals surface area contributed by atoms with Gasteiger partial charge in [0.05, 0.1) is 16.8 Å². The number of aromatic nitrogens is 2. The lowest BCUT2D eigenvalue weighted by Gasteiger charge is -2.15. The van der Waals surface area contributed by atoms with Gasteiger partial charge < -0.3 is 4.98 Å². The zero-order chi connectivity index (χ0) is 23.9. The molecule has 6 rings (SSSR count). The Bertz CT molecular complexity index is 1780. The molecule has 0 radical (unpaired) electrons. The predicted molar refractivity (Wildman–Crippen MR) is 149 cm³/mol. The van der Waals surface area contributed by atoms with Crippen LogP contribution in [0, 0.1) is 0 Å². The van der Waals surface area contributed by atoms with Crippen LogP contribution in [-0.4, -0.2) is 9.97 Å². The summed E-state index contributed by atoms with van der Waals surface area (Å²) in [4.78, 5) is 21.7. The second-order valence-electron chi connectivity index (χ2n) is 8.34. The summed E-state index contributed by atoms with van der Waals surface area (Å²) in [6.45, 7) is 0. The average Bonchev–Trinajstić information content (AvgIpc) is 2.88. The van der Waals surface area contributed by atoms with Crippen LogP contribution in [0.5, 0.6) is 0 Å². The lowest BCUT2D eigenvalue weighted by Crippen LogP contribution is -2.12. The van der Waals surface area contributed by atoms with Crippen LogP contribution in [0.15, 0.2) is 112 Å². The molecule has 0 spiro atoms. The molecule has 0 aliphatic heterocycles. The van der Waals surface area contributed by atoms with Crippen molar-refractivity contribution in [2.24, 2.45) is 0 Å². The first kappa shape index (κ1) is 21.8. The molecule has 4 aromatic carbocycles. The van der Waals surface area contributed by atoms with E-state index in [2.05, 4.69) is 27.0 Å². The molecular formula is C30H18BrClN2O. The molecule has 0 amide bonds. The predicted octanol–water partition coefficient (Wildman–Crippen LogP) is 8.49. The summed E-state index contributed by atoms with van der Waals surface area (Å²) in [6.07, 6.45) is 0. The van der Waals surface area contributed by atoms with Gasteiger partial charge in [0.15, 0.2) is 0 Å². The van der Waals surface area contributed by atoms with Gasteiger partial charge in [0.2, 0.25) is 0 Å². The summed E-state index contributed by atoms with van der Waals surface area (Å²) in [7, 11) is 0. The minimum absolute atomic E-state index is 0.177. The van der Waals surface area contributed by atoms with Crippen LogP contribution < -0.4 is 5.56 Å². The number of fused-ring (bicyclic) bond motifs is 2. The number of halogens is 2. The van der Waals surface area contributed by atoms with Crippen LogP contribution in [-0.2, 0) is 0 Å². The average molecular weight is 538 g/mol. The zero-order valence-electron chi connectivity index (χ0n) is 18.4. The number of hydrogen-bond acceptors (Lipinski definition) is 2. The highest BCUT2D eigenvalue weighted by Gasteiger charge is 2.19. The largest absolute Gasteiger partial charge is 0.321 e. The number of pyridine rings is 2. The van der Waals surface area contributed by atoms with Gasteiger partial charge in [-0.25, -0.2) is 4.98 Å². The highest BCUT2D eigenvalue weighted by molar-refractivity contribution is 9.10. The first-order valence-corrected chi connectivity index (χ1v) is 12.3. The van der Waals surface area contributed by atoms with Crippen molar-refractivity contribution < 1.29 is 0 Å². The lowest BCUT2D eigenvalue weighted by molar-refractivity contribution is 1.28. The summed E-state index contributed by atoms with van der Waals surface area (Å²) in [5.74, 6) is 0. The number of para-hydroxylation sites is 1. The highest BCUT2D eigenvalue weighted by Crippen LogP contribution is 2.38. The minimum atomic E-state index is -0.177. The molecule has 0 unspecified atom stereocenters. The number of nitrogens with one attached hydrogen (secondary N) is 1. The van der Waals surface area contributed by atoms with Crippen LogP contribution in [0.2, 0.25) is 5.02 Å². The van der Waals surface area contributed by atoms with Crippen molar-refractivity contribution in [2.75, 3.05) is 0 Å². The Kier molecular flexibility index (Phi) is 5.48. The maximum absolute atomic E-state index is 13.6. The molecule has 0 saturated carbocycles. The number of H-pyrrole nitrogens is 1. The first-order valence-electron chi connectivity index (χ1n) is 11.2. The minimum Gasteiger partial charge on any atom is -0.321 e. The molecule has 0 atom stereocenters. The van der Waals surface area contributed by atoms with Crippen LogP contribution in [0.1, 0.15) is 0 Å². The molecule has 0 fully saturated rings. The van der Waals surface area contributed by atoms with Gasteiger partial charge in [0.1, 0.15) is 0 Å². The molecule has 2 aromatic heterocycles. The smallest absolute Gasteiger partial charge is 0.258 e. The van der Waals surface area contributed by atoms with E-state index >= 15 is 0 Å². The van der Waals surface area contributed by atoms with E-state index in [-0.39, 0.29) is 5.56 Å². The number of hydrogen-bond donors (Lipinski definition) is 1. The molecule has 3 nitrogen and oxygen atoms in total. The fourth-order valence-electron chi connectivity index (χ4n) is 4.59. The Morgan fingerprint density at radius 3 is 2.26 bits per heavy atom. The van der Waals surface area contributed by atoms with E-state index < -0.39 is 0 Å². The number of aromatic amines is 1. The number of rotatable bonds is 3. The standard InChI is InChI=1S/C30H18BrClN2O/c31-20-12-15-26-24(16-20)28(19-6-2-1-3-7-19)29(30(35)34-26)27-17-23(18-10-13-21(32)14-11-18)22-8-4-5-9-25(22)33-27/h1-17H,(H,34,35). The Morgan fingerprint density at radius 2 is 1.46 bits per heavy atom.